The van der Waals surface area contributed by atoms with Gasteiger partial charge in [-0.15, -0.1) is 11.3 Å². The summed E-state index contributed by atoms with van der Waals surface area (Å²) in [5.41, 5.74) is 1.15. The first-order chi connectivity index (χ1) is 8.42. The molecular weight excluding hydrogens is 228 g/mol. The summed E-state index contributed by atoms with van der Waals surface area (Å²) >= 11 is 1.73. The zero-order valence-corrected chi connectivity index (χ0v) is 10.1. The molecule has 0 fully saturated rings. The average molecular weight is 240 g/mol. The van der Waals surface area contributed by atoms with Gasteiger partial charge in [0.15, 0.2) is 0 Å². The second kappa shape index (κ2) is 4.60. The smallest absolute Gasteiger partial charge is 0.136 e. The number of ether oxygens (including phenoxy) is 1. The van der Waals surface area contributed by atoms with Crippen LogP contribution in [0, 0.1) is 0 Å². The van der Waals surface area contributed by atoms with Crippen LogP contribution in [0.25, 0.3) is 12.2 Å². The summed E-state index contributed by atoms with van der Waals surface area (Å²) in [6, 6.07) is 12.2. The Labute approximate surface area is 105 Å². The minimum atomic E-state index is 0.0343. The summed E-state index contributed by atoms with van der Waals surface area (Å²) < 4.78 is 5.86. The van der Waals surface area contributed by atoms with E-state index in [0.29, 0.717) is 0 Å². The maximum atomic E-state index is 5.86. The normalized spacial score (nSPS) is 18.0. The van der Waals surface area contributed by atoms with Crippen LogP contribution in [0.5, 0.6) is 5.75 Å². The molecule has 0 saturated heterocycles. The van der Waals surface area contributed by atoms with E-state index in [0.717, 1.165) is 11.3 Å². The van der Waals surface area contributed by atoms with Crippen molar-refractivity contribution in [2.45, 2.75) is 6.10 Å². The number of hydrogen-bond acceptors (Lipinski definition) is 2. The molecule has 1 nitrogen and oxygen atoms in total. The fourth-order valence-electron chi connectivity index (χ4n) is 1.79. The first-order valence-electron chi connectivity index (χ1n) is 5.57. The summed E-state index contributed by atoms with van der Waals surface area (Å²) in [6.45, 7) is 0. The number of thiophene rings is 1. The monoisotopic (exact) mass is 240 g/mol. The van der Waals surface area contributed by atoms with Crippen molar-refractivity contribution >= 4 is 23.5 Å². The van der Waals surface area contributed by atoms with E-state index in [1.54, 1.807) is 11.3 Å². The van der Waals surface area contributed by atoms with Crippen LogP contribution in [0.2, 0.25) is 0 Å². The lowest BCUT2D eigenvalue weighted by Crippen LogP contribution is -2.13. The van der Waals surface area contributed by atoms with E-state index in [1.165, 1.54) is 4.88 Å². The summed E-state index contributed by atoms with van der Waals surface area (Å²) in [6.07, 6.45) is 8.41. The molecule has 0 N–H and O–H groups in total. The Balaban J connectivity index is 1.77. The highest BCUT2D eigenvalue weighted by Crippen LogP contribution is 2.26. The average Bonchev–Trinajstić information content (AvgIpc) is 2.89. The highest BCUT2D eigenvalue weighted by Gasteiger charge is 2.10. The van der Waals surface area contributed by atoms with Gasteiger partial charge in [-0.1, -0.05) is 30.3 Å². The van der Waals surface area contributed by atoms with Gasteiger partial charge in [0.2, 0.25) is 0 Å². The third kappa shape index (κ3) is 2.32. The molecule has 0 bridgehead atoms. The predicted octanol–water partition coefficient (Wildman–Crippen LogP) is 4.24. The molecule has 0 aliphatic carbocycles. The van der Waals surface area contributed by atoms with E-state index in [-0.39, 0.29) is 6.10 Å². The molecule has 3 rings (SSSR count). The van der Waals surface area contributed by atoms with Crippen molar-refractivity contribution in [3.8, 4) is 5.75 Å². The van der Waals surface area contributed by atoms with Crippen LogP contribution >= 0.6 is 11.3 Å². The Morgan fingerprint density at radius 2 is 2.06 bits per heavy atom. The Bertz CT molecular complexity index is 552. The van der Waals surface area contributed by atoms with Crippen LogP contribution in [0.1, 0.15) is 10.4 Å². The number of rotatable bonds is 2. The van der Waals surface area contributed by atoms with Gasteiger partial charge in [-0.25, -0.2) is 0 Å². The first-order valence-corrected chi connectivity index (χ1v) is 6.45. The minimum Gasteiger partial charge on any atom is -0.482 e. The number of fused-ring (bicyclic) bond motifs is 1. The molecule has 1 aliphatic rings. The highest BCUT2D eigenvalue weighted by atomic mass is 32.1. The van der Waals surface area contributed by atoms with E-state index in [9.17, 15) is 0 Å². The molecule has 17 heavy (non-hydrogen) atoms. The van der Waals surface area contributed by atoms with Gasteiger partial charge in [-0.3, -0.25) is 0 Å². The lowest BCUT2D eigenvalue weighted by atomic mass is 10.1. The van der Waals surface area contributed by atoms with Crippen molar-refractivity contribution in [3.63, 3.8) is 0 Å². The summed E-state index contributed by atoms with van der Waals surface area (Å²) in [5.74, 6) is 0.954. The molecule has 1 unspecified atom stereocenters. The Morgan fingerprint density at radius 3 is 2.94 bits per heavy atom. The van der Waals surface area contributed by atoms with Gasteiger partial charge >= 0.3 is 0 Å². The molecule has 1 atom stereocenters. The van der Waals surface area contributed by atoms with Crippen LogP contribution in [-0.4, -0.2) is 6.10 Å². The number of hydrogen-bond donors (Lipinski definition) is 0. The zero-order valence-electron chi connectivity index (χ0n) is 9.24. The molecule has 0 radical (unpaired) electrons. The zero-order chi connectivity index (χ0) is 11.5. The van der Waals surface area contributed by atoms with E-state index < -0.39 is 0 Å². The third-order valence-electron chi connectivity index (χ3n) is 2.64. The molecule has 0 saturated carbocycles. The Morgan fingerprint density at radius 1 is 1.12 bits per heavy atom. The van der Waals surface area contributed by atoms with Crippen LogP contribution in [0.4, 0.5) is 0 Å². The highest BCUT2D eigenvalue weighted by molar-refractivity contribution is 7.10. The number of para-hydroxylation sites is 1. The molecule has 1 aliphatic heterocycles. The van der Waals surface area contributed by atoms with E-state index in [1.807, 2.05) is 18.2 Å². The summed E-state index contributed by atoms with van der Waals surface area (Å²) in [5, 5.41) is 2.08. The van der Waals surface area contributed by atoms with Gasteiger partial charge in [0.25, 0.3) is 0 Å². The van der Waals surface area contributed by atoms with Gasteiger partial charge in [0.1, 0.15) is 11.9 Å². The molecule has 1 aromatic carbocycles. The van der Waals surface area contributed by atoms with E-state index in [2.05, 4.69) is 47.9 Å². The van der Waals surface area contributed by atoms with Crippen molar-refractivity contribution < 1.29 is 4.74 Å². The van der Waals surface area contributed by atoms with Crippen molar-refractivity contribution in [3.05, 3.63) is 64.4 Å². The fourth-order valence-corrected chi connectivity index (χ4v) is 2.42. The summed E-state index contributed by atoms with van der Waals surface area (Å²) in [7, 11) is 0. The SMILES string of the molecule is C1=CC(/C=C/c2cccs2)Oc2ccccc21. The van der Waals surface area contributed by atoms with Gasteiger partial charge in [-0.05, 0) is 35.7 Å². The maximum Gasteiger partial charge on any atom is 0.136 e. The minimum absolute atomic E-state index is 0.0343. The lowest BCUT2D eigenvalue weighted by Gasteiger charge is -2.18. The quantitative estimate of drug-likeness (QED) is 0.763. The van der Waals surface area contributed by atoms with Crippen LogP contribution in [-0.2, 0) is 0 Å². The second-order valence-corrected chi connectivity index (χ2v) is 4.83. The van der Waals surface area contributed by atoms with E-state index in [4.69, 9.17) is 4.74 Å². The van der Waals surface area contributed by atoms with Crippen molar-refractivity contribution in [2.24, 2.45) is 0 Å². The molecule has 0 amide bonds. The third-order valence-corrected chi connectivity index (χ3v) is 3.48. The van der Waals surface area contributed by atoms with Crippen molar-refractivity contribution in [1.82, 2.24) is 0 Å². The van der Waals surface area contributed by atoms with Crippen LogP contribution < -0.4 is 4.74 Å². The molecular formula is C15H12OS. The molecule has 1 aromatic heterocycles. The van der Waals surface area contributed by atoms with E-state index >= 15 is 0 Å². The molecule has 2 heterocycles. The van der Waals surface area contributed by atoms with Crippen LogP contribution in [0.3, 0.4) is 0 Å². The fraction of sp³-hybridized carbons (Fsp3) is 0.0667. The van der Waals surface area contributed by atoms with Crippen LogP contribution in [0.15, 0.2) is 53.9 Å². The van der Waals surface area contributed by atoms with Gasteiger partial charge < -0.3 is 4.74 Å². The second-order valence-electron chi connectivity index (χ2n) is 3.85. The predicted molar refractivity (Wildman–Crippen MR) is 73.2 cm³/mol. The van der Waals surface area contributed by atoms with Gasteiger partial charge in [0, 0.05) is 10.4 Å². The molecule has 0 spiro atoms. The molecule has 2 aromatic rings. The van der Waals surface area contributed by atoms with Crippen molar-refractivity contribution in [1.29, 1.82) is 0 Å². The summed E-state index contributed by atoms with van der Waals surface area (Å²) in [4.78, 5) is 1.25. The standard InChI is InChI=1S/C15H12OS/c1-2-6-15-12(4-1)7-8-13(16-15)9-10-14-5-3-11-17-14/h1-11,13H/b10-9+. The topological polar surface area (TPSA) is 9.23 Å². The molecule has 2 heteroatoms. The Hall–Kier alpha value is -1.80. The lowest BCUT2D eigenvalue weighted by molar-refractivity contribution is 0.293. The molecule has 84 valence electrons. The first kappa shape index (κ1) is 10.4. The van der Waals surface area contributed by atoms with Crippen molar-refractivity contribution in [2.75, 3.05) is 0 Å². The maximum absolute atomic E-state index is 5.86. The van der Waals surface area contributed by atoms with Gasteiger partial charge in [-0.2, -0.15) is 0 Å². The van der Waals surface area contributed by atoms with Gasteiger partial charge in [0.05, 0.1) is 0 Å². The Kier molecular flexibility index (Phi) is 2.80. The largest absolute Gasteiger partial charge is 0.482 e. The number of benzene rings is 1.